The van der Waals surface area contributed by atoms with Crippen LogP contribution in [0, 0.1) is 10.1 Å². The molecule has 1 N–H and O–H groups in total. The number of non-ortho nitro benzene ring substituents is 1. The first-order valence-corrected chi connectivity index (χ1v) is 7.70. The highest BCUT2D eigenvalue weighted by Gasteiger charge is 2.30. The Morgan fingerprint density at radius 1 is 1.50 bits per heavy atom. The van der Waals surface area contributed by atoms with Crippen LogP contribution in [0.1, 0.15) is 18.6 Å². The van der Waals surface area contributed by atoms with Gasteiger partial charge in [0.15, 0.2) is 9.84 Å². The van der Waals surface area contributed by atoms with Crippen LogP contribution in [0.5, 0.6) is 0 Å². The predicted octanol–water partition coefficient (Wildman–Crippen LogP) is 1.78. The lowest BCUT2D eigenvalue weighted by Crippen LogP contribution is -2.24. The molecule has 8 heteroatoms. The van der Waals surface area contributed by atoms with E-state index in [1.165, 1.54) is 25.1 Å². The number of nitro groups is 1. The summed E-state index contributed by atoms with van der Waals surface area (Å²) in [5.74, 6) is -0.130. The highest BCUT2D eigenvalue weighted by atomic mass is 79.9. The van der Waals surface area contributed by atoms with Gasteiger partial charge >= 0.3 is 0 Å². The second-order valence-corrected chi connectivity index (χ2v) is 7.60. The molecule has 0 fully saturated rings. The third-order valence-electron chi connectivity index (χ3n) is 2.42. The Morgan fingerprint density at radius 3 is 2.61 bits per heavy atom. The van der Waals surface area contributed by atoms with Crippen molar-refractivity contribution in [1.82, 2.24) is 0 Å². The van der Waals surface area contributed by atoms with Crippen LogP contribution in [0.25, 0.3) is 0 Å². The lowest BCUT2D eigenvalue weighted by molar-refractivity contribution is -0.385. The monoisotopic (exact) mass is 337 g/mol. The van der Waals surface area contributed by atoms with Crippen molar-refractivity contribution in [2.24, 2.45) is 0 Å². The fourth-order valence-electron chi connectivity index (χ4n) is 1.33. The van der Waals surface area contributed by atoms with Crippen LogP contribution in [-0.2, 0) is 9.84 Å². The molecule has 0 saturated heterocycles. The summed E-state index contributed by atoms with van der Waals surface area (Å²) in [6.45, 7) is 1.46. The summed E-state index contributed by atoms with van der Waals surface area (Å²) in [5.41, 5.74) is -0.0109. The van der Waals surface area contributed by atoms with Gasteiger partial charge in [0.25, 0.3) is 5.69 Å². The van der Waals surface area contributed by atoms with Gasteiger partial charge in [0, 0.05) is 17.9 Å². The number of rotatable bonds is 5. The fraction of sp³-hybridized carbons (Fsp3) is 0.400. The van der Waals surface area contributed by atoms with Crippen LogP contribution in [-0.4, -0.2) is 28.4 Å². The zero-order valence-corrected chi connectivity index (χ0v) is 11.9. The van der Waals surface area contributed by atoms with Gasteiger partial charge in [0.1, 0.15) is 10.3 Å². The molecule has 0 radical (unpaired) electrons. The van der Waals surface area contributed by atoms with Gasteiger partial charge in [-0.05, 0) is 5.56 Å². The van der Waals surface area contributed by atoms with Crippen LogP contribution in [0.4, 0.5) is 5.69 Å². The summed E-state index contributed by atoms with van der Waals surface area (Å²) in [7, 11) is -3.48. The first-order valence-electron chi connectivity index (χ1n) is 5.07. The lowest BCUT2D eigenvalue weighted by Gasteiger charge is -2.17. The van der Waals surface area contributed by atoms with Crippen molar-refractivity contribution >= 4 is 31.5 Å². The molecule has 2 atom stereocenters. The van der Waals surface area contributed by atoms with E-state index in [0.717, 1.165) is 6.07 Å². The van der Waals surface area contributed by atoms with Crippen LogP contribution in [0.3, 0.4) is 0 Å². The van der Waals surface area contributed by atoms with E-state index in [9.17, 15) is 23.6 Å². The third kappa shape index (κ3) is 3.27. The minimum Gasteiger partial charge on any atom is -0.386 e. The van der Waals surface area contributed by atoms with Gasteiger partial charge in [-0.25, -0.2) is 8.42 Å². The summed E-state index contributed by atoms with van der Waals surface area (Å²) in [6, 6.07) is 5.27. The van der Waals surface area contributed by atoms with Gasteiger partial charge in [0.2, 0.25) is 0 Å². The second-order valence-electron chi connectivity index (χ2n) is 3.60. The molecule has 0 aromatic heterocycles. The summed E-state index contributed by atoms with van der Waals surface area (Å²) < 4.78 is 22.0. The van der Waals surface area contributed by atoms with E-state index in [2.05, 4.69) is 15.9 Å². The molecule has 0 heterocycles. The fourth-order valence-corrected chi connectivity index (χ4v) is 3.30. The Morgan fingerprint density at radius 2 is 2.11 bits per heavy atom. The number of nitro benzene ring substituents is 1. The quantitative estimate of drug-likeness (QED) is 0.501. The normalized spacial score (nSPS) is 15.1. The first-order chi connectivity index (χ1) is 8.29. The molecule has 1 rings (SSSR count). The minimum absolute atomic E-state index is 0.130. The molecule has 0 spiro atoms. The number of benzene rings is 1. The van der Waals surface area contributed by atoms with Crippen LogP contribution >= 0.6 is 15.9 Å². The minimum atomic E-state index is -3.48. The number of aliphatic hydroxyl groups is 1. The number of sulfone groups is 1. The van der Waals surface area contributed by atoms with Crippen molar-refractivity contribution in [3.63, 3.8) is 0 Å². The van der Waals surface area contributed by atoms with Crippen LogP contribution < -0.4 is 0 Å². The Kier molecular flexibility index (Phi) is 4.83. The van der Waals surface area contributed by atoms with Crippen molar-refractivity contribution in [2.45, 2.75) is 17.2 Å². The maximum atomic E-state index is 11.6. The van der Waals surface area contributed by atoms with Crippen molar-refractivity contribution in [2.75, 3.05) is 5.75 Å². The predicted molar refractivity (Wildman–Crippen MR) is 70.2 cm³/mol. The van der Waals surface area contributed by atoms with Gasteiger partial charge in [-0.3, -0.25) is 10.1 Å². The maximum Gasteiger partial charge on any atom is 0.269 e. The molecule has 0 aliphatic heterocycles. The molecular formula is C10H12BrNO5S. The smallest absolute Gasteiger partial charge is 0.269 e. The number of alkyl halides is 1. The Hall–Kier alpha value is -0.990. The molecule has 6 nitrogen and oxygen atoms in total. The van der Waals surface area contributed by atoms with E-state index in [1.54, 1.807) is 0 Å². The van der Waals surface area contributed by atoms with Gasteiger partial charge < -0.3 is 5.11 Å². The highest BCUT2D eigenvalue weighted by Crippen LogP contribution is 2.29. The Labute approximate surface area is 113 Å². The average molecular weight is 338 g/mol. The number of aliphatic hydroxyl groups excluding tert-OH is 1. The number of hydrogen-bond acceptors (Lipinski definition) is 5. The van der Waals surface area contributed by atoms with Gasteiger partial charge in [0.05, 0.1) is 4.92 Å². The molecule has 100 valence electrons. The number of halogens is 1. The summed E-state index contributed by atoms with van der Waals surface area (Å²) in [5, 5.41) is 20.5. The lowest BCUT2D eigenvalue weighted by atomic mass is 10.1. The molecule has 0 unspecified atom stereocenters. The topological polar surface area (TPSA) is 97.5 Å². The summed E-state index contributed by atoms with van der Waals surface area (Å²) in [4.78, 5) is 9.99. The number of hydrogen-bond donors (Lipinski definition) is 1. The zero-order chi connectivity index (χ0) is 13.9. The molecular weight excluding hydrogens is 326 g/mol. The van der Waals surface area contributed by atoms with E-state index in [0.29, 0.717) is 0 Å². The van der Waals surface area contributed by atoms with Gasteiger partial charge in [-0.2, -0.15) is 0 Å². The van der Waals surface area contributed by atoms with Gasteiger partial charge in [-0.1, -0.05) is 35.0 Å². The summed E-state index contributed by atoms with van der Waals surface area (Å²) >= 11 is 2.92. The maximum absolute atomic E-state index is 11.6. The Balaban J connectivity index is 3.08. The molecule has 1 aromatic rings. The van der Waals surface area contributed by atoms with Crippen molar-refractivity contribution in [1.29, 1.82) is 0 Å². The van der Waals surface area contributed by atoms with E-state index >= 15 is 0 Å². The SMILES string of the molecule is CCS(=O)(=O)[C@@H](Br)[C@H](O)c1cccc([N+](=O)[O-])c1. The van der Waals surface area contributed by atoms with E-state index in [4.69, 9.17) is 0 Å². The Bertz CT molecular complexity index is 545. The molecule has 0 aliphatic carbocycles. The van der Waals surface area contributed by atoms with Crippen molar-refractivity contribution < 1.29 is 18.4 Å². The second kappa shape index (κ2) is 5.77. The molecule has 0 saturated carbocycles. The van der Waals surface area contributed by atoms with Crippen molar-refractivity contribution in [3.05, 3.63) is 39.9 Å². The van der Waals surface area contributed by atoms with E-state index in [1.807, 2.05) is 0 Å². The molecule has 1 aromatic carbocycles. The largest absolute Gasteiger partial charge is 0.386 e. The molecule has 0 aliphatic rings. The van der Waals surface area contributed by atoms with Crippen LogP contribution in [0.2, 0.25) is 0 Å². The summed E-state index contributed by atoms with van der Waals surface area (Å²) in [6.07, 6.45) is -1.35. The van der Waals surface area contributed by atoms with Gasteiger partial charge in [-0.15, -0.1) is 0 Å². The molecule has 0 amide bonds. The molecule has 0 bridgehead atoms. The average Bonchev–Trinajstić information content (AvgIpc) is 2.37. The first kappa shape index (κ1) is 15.1. The van der Waals surface area contributed by atoms with E-state index in [-0.39, 0.29) is 17.0 Å². The zero-order valence-electron chi connectivity index (χ0n) is 9.48. The highest BCUT2D eigenvalue weighted by molar-refractivity contribution is 9.11. The number of nitrogens with zero attached hydrogens (tertiary/aromatic N) is 1. The third-order valence-corrected chi connectivity index (χ3v) is 6.37. The molecule has 18 heavy (non-hydrogen) atoms. The van der Waals surface area contributed by atoms with Crippen LogP contribution in [0.15, 0.2) is 24.3 Å². The van der Waals surface area contributed by atoms with E-state index < -0.39 is 25.0 Å². The standard InChI is InChI=1S/C10H12BrNO5S/c1-2-18(16,17)10(11)9(13)7-4-3-5-8(6-7)12(14)15/h3-6,9-10,13H,2H2,1H3/t9-,10-/m1/s1. The van der Waals surface area contributed by atoms with Crippen molar-refractivity contribution in [3.8, 4) is 0 Å².